The van der Waals surface area contributed by atoms with Crippen molar-refractivity contribution in [1.29, 1.82) is 0 Å². The Labute approximate surface area is 268 Å². The van der Waals surface area contributed by atoms with Crippen LogP contribution in [0.3, 0.4) is 0 Å². The fourth-order valence-corrected chi connectivity index (χ4v) is 10.2. The Balaban J connectivity index is 1.08. The number of hydrogen-bond donors (Lipinski definition) is 0. The second-order valence-electron chi connectivity index (χ2n) is 13.0. The van der Waals surface area contributed by atoms with Gasteiger partial charge in [-0.2, -0.15) is 0 Å². The van der Waals surface area contributed by atoms with Gasteiger partial charge in [-0.3, -0.25) is 4.98 Å². The number of aromatic nitrogens is 2. The molecule has 3 heteroatoms. The third-order valence-electron chi connectivity index (χ3n) is 10.8. The highest BCUT2D eigenvalue weighted by Gasteiger charge is 2.34. The molecule has 0 saturated carbocycles. The van der Waals surface area contributed by atoms with E-state index in [2.05, 4.69) is 132 Å². The number of fused-ring (bicyclic) bond motifs is 6. The molecule has 0 spiro atoms. The van der Waals surface area contributed by atoms with Crippen molar-refractivity contribution in [3.8, 4) is 16.9 Å². The van der Waals surface area contributed by atoms with E-state index < -0.39 is 0 Å². The molecule has 1 unspecified atom stereocenters. The van der Waals surface area contributed by atoms with E-state index in [1.165, 1.54) is 91.7 Å². The van der Waals surface area contributed by atoms with E-state index in [0.29, 0.717) is 5.25 Å². The summed E-state index contributed by atoms with van der Waals surface area (Å²) in [7, 11) is 0. The lowest BCUT2D eigenvalue weighted by atomic mass is 9.84. The van der Waals surface area contributed by atoms with Crippen LogP contribution in [0.5, 0.6) is 0 Å². The van der Waals surface area contributed by atoms with E-state index >= 15 is 0 Å². The molecule has 46 heavy (non-hydrogen) atoms. The minimum atomic E-state index is 0.406. The van der Waals surface area contributed by atoms with Crippen molar-refractivity contribution in [3.63, 3.8) is 0 Å². The molecule has 2 aliphatic carbocycles. The Kier molecular flexibility index (Phi) is 4.29. The quantitative estimate of drug-likeness (QED) is 0.145. The van der Waals surface area contributed by atoms with Gasteiger partial charge in [0.2, 0.25) is 0 Å². The monoisotopic (exact) mass is 600 g/mol. The maximum Gasteiger partial charge on any atom is 0.0703 e. The van der Waals surface area contributed by atoms with Crippen molar-refractivity contribution in [1.82, 2.24) is 9.55 Å². The molecule has 0 fully saturated rings. The van der Waals surface area contributed by atoms with Crippen molar-refractivity contribution in [2.45, 2.75) is 16.6 Å². The number of rotatable bonds is 2. The molecule has 2 nitrogen and oxygen atoms in total. The van der Waals surface area contributed by atoms with Gasteiger partial charge in [0.15, 0.2) is 0 Å². The third-order valence-corrected chi connectivity index (χ3v) is 12.0. The Hall–Kier alpha value is -5.38. The molecule has 2 aromatic heterocycles. The smallest absolute Gasteiger partial charge is 0.0703 e. The van der Waals surface area contributed by atoms with Gasteiger partial charge in [-0.25, -0.2) is 0 Å². The fourth-order valence-electron chi connectivity index (χ4n) is 8.91. The van der Waals surface area contributed by atoms with Crippen molar-refractivity contribution in [3.05, 3.63) is 137 Å². The number of thioether (sulfide) groups is 1. The van der Waals surface area contributed by atoms with Gasteiger partial charge in [0.05, 0.1) is 33.7 Å². The van der Waals surface area contributed by atoms with Crippen molar-refractivity contribution in [2.75, 3.05) is 0 Å². The molecule has 3 aliphatic rings. The van der Waals surface area contributed by atoms with Gasteiger partial charge in [0.1, 0.15) is 0 Å². The first-order chi connectivity index (χ1) is 22.8. The van der Waals surface area contributed by atoms with Crippen LogP contribution in [0.2, 0.25) is 0 Å². The van der Waals surface area contributed by atoms with E-state index in [-0.39, 0.29) is 0 Å². The maximum absolute atomic E-state index is 5.12. The average molecular weight is 601 g/mol. The molecule has 12 rings (SSSR count). The van der Waals surface area contributed by atoms with Crippen LogP contribution < -0.4 is 5.35 Å². The SMILES string of the molecule is C1=CC2Sc3ccc4c5c3c2c2c1ccc1c2c5c(n1-c1ccc(-c2ccc3c5ccccc5c5ccccc5c3c2)nc1)=CC4. The van der Waals surface area contributed by atoms with Gasteiger partial charge in [0.25, 0.3) is 0 Å². The second kappa shape index (κ2) is 8.25. The van der Waals surface area contributed by atoms with Crippen LogP contribution in [0.25, 0.3) is 93.9 Å². The molecule has 0 saturated heterocycles. The Morgan fingerprint density at radius 3 is 2.22 bits per heavy atom. The number of pyridine rings is 1. The zero-order valence-electron chi connectivity index (χ0n) is 24.7. The van der Waals surface area contributed by atoms with Crippen molar-refractivity contribution < 1.29 is 0 Å². The Morgan fingerprint density at radius 1 is 0.652 bits per heavy atom. The Morgan fingerprint density at radius 2 is 1.43 bits per heavy atom. The lowest BCUT2D eigenvalue weighted by Gasteiger charge is -2.19. The third kappa shape index (κ3) is 2.80. The van der Waals surface area contributed by atoms with Crippen molar-refractivity contribution >= 4 is 88.7 Å². The molecule has 0 radical (unpaired) electrons. The number of nitrogens with zero attached hydrogens (tertiary/aromatic N) is 2. The maximum atomic E-state index is 5.12. The summed E-state index contributed by atoms with van der Waals surface area (Å²) in [5.41, 5.74) is 8.85. The van der Waals surface area contributed by atoms with Crippen LogP contribution in [0.4, 0.5) is 0 Å². The van der Waals surface area contributed by atoms with E-state index in [0.717, 1.165) is 23.4 Å². The molecule has 0 amide bonds. The predicted molar refractivity (Wildman–Crippen MR) is 195 cm³/mol. The minimum absolute atomic E-state index is 0.406. The molecule has 0 bridgehead atoms. The van der Waals surface area contributed by atoms with E-state index in [9.17, 15) is 0 Å². The zero-order chi connectivity index (χ0) is 29.7. The summed E-state index contributed by atoms with van der Waals surface area (Å²) in [5, 5.41) is 16.7. The highest BCUT2D eigenvalue weighted by Crippen LogP contribution is 2.57. The van der Waals surface area contributed by atoms with Crippen LogP contribution in [0.15, 0.2) is 120 Å². The summed E-state index contributed by atoms with van der Waals surface area (Å²) in [5.74, 6) is 0. The van der Waals surface area contributed by atoms with Crippen LogP contribution in [-0.4, -0.2) is 9.55 Å². The Bertz CT molecular complexity index is 2930. The molecular formula is C43H24N2S. The van der Waals surface area contributed by atoms with E-state index in [4.69, 9.17) is 4.98 Å². The van der Waals surface area contributed by atoms with Gasteiger partial charge < -0.3 is 4.57 Å². The van der Waals surface area contributed by atoms with Crippen LogP contribution in [0, 0.1) is 0 Å². The molecule has 9 aromatic rings. The normalized spacial score (nSPS) is 16.0. The lowest BCUT2D eigenvalue weighted by molar-refractivity contribution is 1.06. The van der Waals surface area contributed by atoms with Crippen LogP contribution >= 0.6 is 11.8 Å². The minimum Gasteiger partial charge on any atom is -0.308 e. The lowest BCUT2D eigenvalue weighted by Crippen LogP contribution is -2.17. The standard InChI is InChI=1S/C43H24N2S/c1-2-7-29-27(5-1)28-6-3-4-8-30(28)32-21-25(9-15-31(29)32)33-16-14-26(22-44-33)45-34-17-10-23-12-19-36-42-38(23)40(34)41-35(45)18-11-24-13-20-37(46-36)43(42)39(24)41/h1-10,12-22,36H,11H2. The zero-order valence-corrected chi connectivity index (χ0v) is 25.5. The first kappa shape index (κ1) is 23.9. The van der Waals surface area contributed by atoms with Gasteiger partial charge in [-0.05, 0) is 96.5 Å². The van der Waals surface area contributed by atoms with Gasteiger partial charge >= 0.3 is 0 Å². The number of benzene rings is 7. The predicted octanol–water partition coefficient (Wildman–Crippen LogP) is 10.7. The summed E-state index contributed by atoms with van der Waals surface area (Å²) in [6, 6.07) is 38.2. The van der Waals surface area contributed by atoms with Crippen LogP contribution in [0.1, 0.15) is 21.9 Å². The fraction of sp³-hybridized carbons (Fsp3) is 0.0465. The van der Waals surface area contributed by atoms with Crippen LogP contribution in [-0.2, 0) is 6.42 Å². The summed E-state index contributed by atoms with van der Waals surface area (Å²) in [4.78, 5) is 6.55. The summed E-state index contributed by atoms with van der Waals surface area (Å²) in [6.45, 7) is 0. The molecule has 1 aliphatic heterocycles. The summed E-state index contributed by atoms with van der Waals surface area (Å²) in [6.07, 6.45) is 10.2. The first-order valence-corrected chi connectivity index (χ1v) is 16.9. The topological polar surface area (TPSA) is 17.8 Å². The number of hydrogen-bond acceptors (Lipinski definition) is 2. The second-order valence-corrected chi connectivity index (χ2v) is 14.1. The van der Waals surface area contributed by atoms with Gasteiger partial charge in [-0.1, -0.05) is 91.0 Å². The van der Waals surface area contributed by atoms with Gasteiger partial charge in [-0.15, -0.1) is 11.8 Å². The largest absolute Gasteiger partial charge is 0.308 e. The van der Waals surface area contributed by atoms with E-state index in [1.807, 2.05) is 11.8 Å². The molecule has 212 valence electrons. The van der Waals surface area contributed by atoms with E-state index in [1.54, 1.807) is 0 Å². The average Bonchev–Trinajstić information content (AvgIpc) is 3.68. The van der Waals surface area contributed by atoms with Gasteiger partial charge in [0, 0.05) is 26.6 Å². The summed E-state index contributed by atoms with van der Waals surface area (Å²) < 4.78 is 2.46. The highest BCUT2D eigenvalue weighted by molar-refractivity contribution is 8.00. The molecular weight excluding hydrogens is 577 g/mol. The molecule has 1 atom stereocenters. The first-order valence-electron chi connectivity index (χ1n) is 16.1. The highest BCUT2D eigenvalue weighted by atomic mass is 32.2. The summed E-state index contributed by atoms with van der Waals surface area (Å²) >= 11 is 2.02. The van der Waals surface area contributed by atoms with Crippen molar-refractivity contribution in [2.24, 2.45) is 0 Å². The molecule has 0 N–H and O–H groups in total. The molecule has 7 aromatic carbocycles. The molecule has 3 heterocycles.